The summed E-state index contributed by atoms with van der Waals surface area (Å²) in [5, 5.41) is 2.93. The first-order valence-electron chi connectivity index (χ1n) is 8.33. The lowest BCUT2D eigenvalue weighted by atomic mass is 10.0. The van der Waals surface area contributed by atoms with Gasteiger partial charge in [-0.15, -0.1) is 0 Å². The molecule has 130 valence electrons. The summed E-state index contributed by atoms with van der Waals surface area (Å²) < 4.78 is 5.04. The van der Waals surface area contributed by atoms with Crippen molar-refractivity contribution in [2.45, 2.75) is 13.5 Å². The van der Waals surface area contributed by atoms with E-state index in [1.165, 1.54) is 6.92 Å². The fraction of sp³-hybridized carbons (Fsp3) is 0.0909. The van der Waals surface area contributed by atoms with Gasteiger partial charge in [-0.2, -0.15) is 0 Å². The molecular weight excluding hydrogens is 326 g/mol. The molecule has 0 unspecified atom stereocenters. The number of nitrogens with one attached hydrogen (secondary N) is 1. The Morgan fingerprint density at radius 2 is 1.58 bits per heavy atom. The van der Waals surface area contributed by atoms with Gasteiger partial charge in [-0.25, -0.2) is 0 Å². The molecule has 0 radical (unpaired) electrons. The summed E-state index contributed by atoms with van der Waals surface area (Å²) in [6.45, 7) is 1.85. The zero-order chi connectivity index (χ0) is 18.4. The molecule has 3 aromatic rings. The van der Waals surface area contributed by atoms with Gasteiger partial charge in [-0.1, -0.05) is 54.6 Å². The third-order valence-corrected chi connectivity index (χ3v) is 3.87. The summed E-state index contributed by atoms with van der Waals surface area (Å²) in [5.74, 6) is 0.0279. The second kappa shape index (κ2) is 8.12. The summed E-state index contributed by atoms with van der Waals surface area (Å²) in [4.78, 5) is 23.4. The molecule has 4 heteroatoms. The van der Waals surface area contributed by atoms with E-state index in [2.05, 4.69) is 5.32 Å². The maximum absolute atomic E-state index is 12.4. The molecule has 0 saturated heterocycles. The predicted octanol–water partition coefficient (Wildman–Crippen LogP) is 4.21. The Labute approximate surface area is 152 Å². The number of ether oxygens (including phenoxy) is 1. The Hall–Kier alpha value is -3.40. The summed E-state index contributed by atoms with van der Waals surface area (Å²) in [5.41, 5.74) is 3.52. The topological polar surface area (TPSA) is 55.4 Å². The molecule has 0 aliphatic rings. The van der Waals surface area contributed by atoms with E-state index in [9.17, 15) is 9.59 Å². The monoisotopic (exact) mass is 345 g/mol. The van der Waals surface area contributed by atoms with Gasteiger partial charge in [0.2, 0.25) is 0 Å². The van der Waals surface area contributed by atoms with E-state index >= 15 is 0 Å². The zero-order valence-corrected chi connectivity index (χ0v) is 14.4. The molecule has 0 fully saturated rings. The van der Waals surface area contributed by atoms with Crippen LogP contribution in [0.4, 0.5) is 0 Å². The normalized spacial score (nSPS) is 10.2. The fourth-order valence-electron chi connectivity index (χ4n) is 2.60. The van der Waals surface area contributed by atoms with E-state index in [1.807, 2.05) is 60.7 Å². The quantitative estimate of drug-likeness (QED) is 0.557. The molecule has 3 rings (SSSR count). The summed E-state index contributed by atoms with van der Waals surface area (Å²) in [6, 6.07) is 24.4. The van der Waals surface area contributed by atoms with Gasteiger partial charge in [-0.05, 0) is 41.0 Å². The van der Waals surface area contributed by atoms with Crippen molar-refractivity contribution in [3.8, 4) is 16.9 Å². The average Bonchev–Trinajstić information content (AvgIpc) is 2.67. The molecule has 0 heterocycles. The first-order valence-corrected chi connectivity index (χ1v) is 8.33. The van der Waals surface area contributed by atoms with Crippen molar-refractivity contribution in [2.24, 2.45) is 0 Å². The van der Waals surface area contributed by atoms with Crippen LogP contribution < -0.4 is 10.1 Å². The zero-order valence-electron chi connectivity index (χ0n) is 14.4. The first kappa shape index (κ1) is 17.4. The second-order valence-electron chi connectivity index (χ2n) is 5.87. The third kappa shape index (κ3) is 4.57. The van der Waals surface area contributed by atoms with Gasteiger partial charge >= 0.3 is 5.97 Å². The van der Waals surface area contributed by atoms with Crippen molar-refractivity contribution in [3.05, 3.63) is 90.0 Å². The van der Waals surface area contributed by atoms with Crippen LogP contribution in [-0.2, 0) is 11.3 Å². The minimum absolute atomic E-state index is 0.118. The summed E-state index contributed by atoms with van der Waals surface area (Å²) in [6.07, 6.45) is 0. The molecule has 0 aromatic heterocycles. The maximum atomic E-state index is 12.4. The molecule has 0 saturated carbocycles. The number of rotatable bonds is 5. The van der Waals surface area contributed by atoms with E-state index in [0.29, 0.717) is 17.9 Å². The van der Waals surface area contributed by atoms with Gasteiger partial charge in [0.05, 0.1) is 0 Å². The molecule has 4 nitrogen and oxygen atoms in total. The number of carbonyl (C=O) groups is 2. The molecule has 1 amide bonds. The SMILES string of the molecule is CC(=O)Oc1ccc(-c2cccc(C(=O)NCc3ccccc3)c2)cc1. The Morgan fingerprint density at radius 1 is 0.846 bits per heavy atom. The number of hydrogen-bond acceptors (Lipinski definition) is 3. The highest BCUT2D eigenvalue weighted by atomic mass is 16.5. The van der Waals surface area contributed by atoms with Gasteiger partial charge in [0.25, 0.3) is 5.91 Å². The smallest absolute Gasteiger partial charge is 0.308 e. The Kier molecular flexibility index (Phi) is 5.44. The Bertz CT molecular complexity index is 902. The van der Waals surface area contributed by atoms with Gasteiger partial charge in [0.15, 0.2) is 0 Å². The van der Waals surface area contributed by atoms with E-state index in [1.54, 1.807) is 18.2 Å². The van der Waals surface area contributed by atoms with Crippen LogP contribution in [0.5, 0.6) is 5.75 Å². The van der Waals surface area contributed by atoms with E-state index in [0.717, 1.165) is 16.7 Å². The first-order chi connectivity index (χ1) is 12.6. The highest BCUT2D eigenvalue weighted by molar-refractivity contribution is 5.95. The summed E-state index contributed by atoms with van der Waals surface area (Å²) >= 11 is 0. The molecule has 1 N–H and O–H groups in total. The number of carbonyl (C=O) groups excluding carboxylic acids is 2. The predicted molar refractivity (Wildman–Crippen MR) is 101 cm³/mol. The van der Waals surface area contributed by atoms with Gasteiger partial charge in [0, 0.05) is 19.0 Å². The van der Waals surface area contributed by atoms with E-state index < -0.39 is 0 Å². The lowest BCUT2D eigenvalue weighted by molar-refractivity contribution is -0.131. The van der Waals surface area contributed by atoms with Gasteiger partial charge in [-0.3, -0.25) is 9.59 Å². The molecular formula is C22H19NO3. The molecule has 0 atom stereocenters. The van der Waals surface area contributed by atoms with Crippen LogP contribution in [0.25, 0.3) is 11.1 Å². The summed E-state index contributed by atoms with van der Waals surface area (Å²) in [7, 11) is 0. The highest BCUT2D eigenvalue weighted by Crippen LogP contribution is 2.23. The third-order valence-electron chi connectivity index (χ3n) is 3.87. The van der Waals surface area contributed by atoms with Crippen LogP contribution in [0.15, 0.2) is 78.9 Å². The minimum atomic E-state index is -0.352. The maximum Gasteiger partial charge on any atom is 0.308 e. The van der Waals surface area contributed by atoms with E-state index in [4.69, 9.17) is 4.74 Å². The van der Waals surface area contributed by atoms with Crippen LogP contribution >= 0.6 is 0 Å². The lowest BCUT2D eigenvalue weighted by Gasteiger charge is -2.08. The van der Waals surface area contributed by atoms with Gasteiger partial charge in [0.1, 0.15) is 5.75 Å². The van der Waals surface area contributed by atoms with Crippen molar-refractivity contribution in [3.63, 3.8) is 0 Å². The van der Waals surface area contributed by atoms with Crippen molar-refractivity contribution in [1.82, 2.24) is 5.32 Å². The van der Waals surface area contributed by atoms with Crippen LogP contribution in [0.1, 0.15) is 22.8 Å². The van der Waals surface area contributed by atoms with Crippen molar-refractivity contribution in [2.75, 3.05) is 0 Å². The lowest BCUT2D eigenvalue weighted by Crippen LogP contribution is -2.22. The van der Waals surface area contributed by atoms with Crippen molar-refractivity contribution >= 4 is 11.9 Å². The van der Waals surface area contributed by atoms with Crippen LogP contribution in [-0.4, -0.2) is 11.9 Å². The largest absolute Gasteiger partial charge is 0.427 e. The average molecular weight is 345 g/mol. The molecule has 0 aliphatic carbocycles. The molecule has 26 heavy (non-hydrogen) atoms. The molecule has 3 aromatic carbocycles. The number of esters is 1. The number of amides is 1. The second-order valence-corrected chi connectivity index (χ2v) is 5.87. The van der Waals surface area contributed by atoms with Crippen molar-refractivity contribution in [1.29, 1.82) is 0 Å². The standard InChI is InChI=1S/C22H19NO3/c1-16(24)26-21-12-10-18(11-13-21)19-8-5-9-20(14-19)22(25)23-15-17-6-3-2-4-7-17/h2-14H,15H2,1H3,(H,23,25). The molecule has 0 aliphatic heterocycles. The Balaban J connectivity index is 1.71. The van der Waals surface area contributed by atoms with Crippen LogP contribution in [0.2, 0.25) is 0 Å². The minimum Gasteiger partial charge on any atom is -0.427 e. The molecule has 0 spiro atoms. The van der Waals surface area contributed by atoms with Crippen LogP contribution in [0, 0.1) is 0 Å². The van der Waals surface area contributed by atoms with Gasteiger partial charge < -0.3 is 10.1 Å². The fourth-order valence-corrected chi connectivity index (χ4v) is 2.60. The number of hydrogen-bond donors (Lipinski definition) is 1. The Morgan fingerprint density at radius 3 is 2.27 bits per heavy atom. The number of benzene rings is 3. The molecule has 0 bridgehead atoms. The van der Waals surface area contributed by atoms with E-state index in [-0.39, 0.29) is 11.9 Å². The van der Waals surface area contributed by atoms with Crippen LogP contribution in [0.3, 0.4) is 0 Å². The highest BCUT2D eigenvalue weighted by Gasteiger charge is 2.07. The van der Waals surface area contributed by atoms with Crippen molar-refractivity contribution < 1.29 is 14.3 Å².